The molecule has 180 valence electrons. The number of H-pyrrole nitrogens is 1. The first kappa shape index (κ1) is 23.4. The highest BCUT2D eigenvalue weighted by Crippen LogP contribution is 2.36. The van der Waals surface area contributed by atoms with Gasteiger partial charge in [-0.05, 0) is 71.6 Å². The molecule has 1 unspecified atom stereocenters. The molecule has 4 nitrogen and oxygen atoms in total. The SMILES string of the molecule is CCc1cccc2c(C(CC(=O)Nc3ccc(F)cc3)c3cccc(Oc4ccccc4)c3)c[nH]c12. The number of para-hydroxylation sites is 2. The molecule has 5 rings (SSSR count). The summed E-state index contributed by atoms with van der Waals surface area (Å²) in [6.07, 6.45) is 3.13. The number of aromatic nitrogens is 1. The van der Waals surface area contributed by atoms with Crippen LogP contribution in [0.25, 0.3) is 10.9 Å². The summed E-state index contributed by atoms with van der Waals surface area (Å²) in [7, 11) is 0. The monoisotopic (exact) mass is 478 g/mol. The van der Waals surface area contributed by atoms with Crippen LogP contribution in [0.1, 0.15) is 36.0 Å². The van der Waals surface area contributed by atoms with Gasteiger partial charge in [0.2, 0.25) is 5.91 Å². The van der Waals surface area contributed by atoms with E-state index < -0.39 is 0 Å². The number of aromatic amines is 1. The molecule has 0 aliphatic rings. The number of anilines is 1. The zero-order valence-electron chi connectivity index (χ0n) is 20.0. The number of hydrogen-bond donors (Lipinski definition) is 2. The third-order valence-corrected chi connectivity index (χ3v) is 6.35. The van der Waals surface area contributed by atoms with E-state index in [9.17, 15) is 9.18 Å². The van der Waals surface area contributed by atoms with Crippen molar-refractivity contribution in [3.05, 3.63) is 126 Å². The Hall–Kier alpha value is -4.38. The predicted octanol–water partition coefficient (Wildman–Crippen LogP) is 7.82. The summed E-state index contributed by atoms with van der Waals surface area (Å²) < 4.78 is 19.4. The number of fused-ring (bicyclic) bond motifs is 1. The zero-order valence-corrected chi connectivity index (χ0v) is 20.0. The van der Waals surface area contributed by atoms with E-state index >= 15 is 0 Å². The molecule has 1 aromatic heterocycles. The molecule has 0 bridgehead atoms. The van der Waals surface area contributed by atoms with Gasteiger partial charge in [-0.2, -0.15) is 0 Å². The first-order valence-corrected chi connectivity index (χ1v) is 12.1. The van der Waals surface area contributed by atoms with Gasteiger partial charge < -0.3 is 15.0 Å². The fourth-order valence-electron chi connectivity index (χ4n) is 4.58. The number of rotatable bonds is 8. The molecule has 0 aliphatic carbocycles. The highest BCUT2D eigenvalue weighted by Gasteiger charge is 2.23. The quantitative estimate of drug-likeness (QED) is 0.239. The number of ether oxygens (including phenoxy) is 1. The van der Waals surface area contributed by atoms with Gasteiger partial charge in [0.05, 0.1) is 0 Å². The van der Waals surface area contributed by atoms with Crippen molar-refractivity contribution in [2.24, 2.45) is 0 Å². The maximum Gasteiger partial charge on any atom is 0.225 e. The van der Waals surface area contributed by atoms with E-state index in [1.54, 1.807) is 12.1 Å². The van der Waals surface area contributed by atoms with Crippen LogP contribution in [0.3, 0.4) is 0 Å². The number of amides is 1. The minimum Gasteiger partial charge on any atom is -0.457 e. The van der Waals surface area contributed by atoms with E-state index in [-0.39, 0.29) is 24.1 Å². The van der Waals surface area contributed by atoms with E-state index in [0.29, 0.717) is 11.4 Å². The van der Waals surface area contributed by atoms with Gasteiger partial charge in [-0.25, -0.2) is 4.39 Å². The van der Waals surface area contributed by atoms with Crippen LogP contribution in [0, 0.1) is 5.82 Å². The Labute approximate surface area is 209 Å². The van der Waals surface area contributed by atoms with Crippen molar-refractivity contribution in [2.45, 2.75) is 25.7 Å². The van der Waals surface area contributed by atoms with Crippen LogP contribution in [0.15, 0.2) is 103 Å². The molecule has 0 radical (unpaired) electrons. The lowest BCUT2D eigenvalue weighted by molar-refractivity contribution is -0.116. The number of benzene rings is 4. The van der Waals surface area contributed by atoms with Gasteiger partial charge in [-0.1, -0.05) is 55.5 Å². The topological polar surface area (TPSA) is 54.1 Å². The molecular weight excluding hydrogens is 451 g/mol. The lowest BCUT2D eigenvalue weighted by Crippen LogP contribution is -2.16. The fraction of sp³-hybridized carbons (Fsp3) is 0.129. The Morgan fingerprint density at radius 1 is 0.917 bits per heavy atom. The summed E-state index contributed by atoms with van der Waals surface area (Å²) in [6.45, 7) is 2.13. The van der Waals surface area contributed by atoms with Crippen molar-refractivity contribution in [2.75, 3.05) is 5.32 Å². The van der Waals surface area contributed by atoms with Crippen LogP contribution in [0.2, 0.25) is 0 Å². The van der Waals surface area contributed by atoms with E-state index in [0.717, 1.165) is 34.2 Å². The molecule has 1 heterocycles. The summed E-state index contributed by atoms with van der Waals surface area (Å²) in [5, 5.41) is 4.01. The summed E-state index contributed by atoms with van der Waals surface area (Å²) in [4.78, 5) is 16.6. The lowest BCUT2D eigenvalue weighted by atomic mass is 9.87. The molecule has 1 amide bonds. The van der Waals surface area contributed by atoms with Gasteiger partial charge in [0.1, 0.15) is 17.3 Å². The molecule has 0 spiro atoms. The molecule has 0 saturated carbocycles. The number of carbonyl (C=O) groups is 1. The summed E-state index contributed by atoms with van der Waals surface area (Å²) >= 11 is 0. The maximum absolute atomic E-state index is 13.3. The third kappa shape index (κ3) is 5.15. The maximum atomic E-state index is 13.3. The van der Waals surface area contributed by atoms with Crippen molar-refractivity contribution in [3.8, 4) is 11.5 Å². The van der Waals surface area contributed by atoms with Crippen LogP contribution in [0.4, 0.5) is 10.1 Å². The Morgan fingerprint density at radius 3 is 2.44 bits per heavy atom. The van der Waals surface area contributed by atoms with Crippen LogP contribution in [0.5, 0.6) is 11.5 Å². The third-order valence-electron chi connectivity index (χ3n) is 6.35. The summed E-state index contributed by atoms with van der Waals surface area (Å²) in [5.41, 5.74) is 4.91. The summed E-state index contributed by atoms with van der Waals surface area (Å²) in [5.74, 6) is 0.746. The number of halogens is 1. The Kier molecular flexibility index (Phi) is 6.80. The van der Waals surface area contributed by atoms with Crippen LogP contribution >= 0.6 is 0 Å². The predicted molar refractivity (Wildman–Crippen MR) is 142 cm³/mol. The molecule has 0 aliphatic heterocycles. The van der Waals surface area contributed by atoms with Crippen molar-refractivity contribution in [1.29, 1.82) is 0 Å². The number of hydrogen-bond acceptors (Lipinski definition) is 2. The van der Waals surface area contributed by atoms with E-state index in [1.165, 1.54) is 17.7 Å². The van der Waals surface area contributed by atoms with Crippen molar-refractivity contribution >= 4 is 22.5 Å². The van der Waals surface area contributed by atoms with Gasteiger partial charge >= 0.3 is 0 Å². The fourth-order valence-corrected chi connectivity index (χ4v) is 4.58. The van der Waals surface area contributed by atoms with Gasteiger partial charge in [-0.3, -0.25) is 4.79 Å². The van der Waals surface area contributed by atoms with Crippen LogP contribution < -0.4 is 10.1 Å². The molecule has 5 heteroatoms. The first-order valence-electron chi connectivity index (χ1n) is 12.1. The lowest BCUT2D eigenvalue weighted by Gasteiger charge is -2.18. The van der Waals surface area contributed by atoms with E-state index in [2.05, 4.69) is 35.4 Å². The average Bonchev–Trinajstić information content (AvgIpc) is 3.33. The summed E-state index contributed by atoms with van der Waals surface area (Å²) in [6, 6.07) is 29.6. The van der Waals surface area contributed by atoms with Crippen molar-refractivity contribution < 1.29 is 13.9 Å². The second kappa shape index (κ2) is 10.5. The largest absolute Gasteiger partial charge is 0.457 e. The van der Waals surface area contributed by atoms with Crippen LogP contribution in [-0.4, -0.2) is 10.9 Å². The van der Waals surface area contributed by atoms with E-state index in [4.69, 9.17) is 4.74 Å². The molecular formula is C31H27FN2O2. The zero-order chi connectivity index (χ0) is 24.9. The molecule has 4 aromatic carbocycles. The number of aryl methyl sites for hydroxylation is 1. The highest BCUT2D eigenvalue weighted by molar-refractivity contribution is 5.93. The van der Waals surface area contributed by atoms with E-state index in [1.807, 2.05) is 60.8 Å². The average molecular weight is 479 g/mol. The number of carbonyl (C=O) groups excluding carboxylic acids is 1. The normalized spacial score (nSPS) is 11.8. The second-order valence-electron chi connectivity index (χ2n) is 8.74. The van der Waals surface area contributed by atoms with Gasteiger partial charge in [-0.15, -0.1) is 0 Å². The standard InChI is InChI=1S/C31H27FN2O2/c1-2-21-8-7-13-27-29(20-33-31(21)27)28(19-30(35)34-24-16-14-23(32)15-17-24)22-9-6-12-26(18-22)36-25-10-4-3-5-11-25/h3-18,20,28,33H,2,19H2,1H3,(H,34,35). The molecule has 0 fully saturated rings. The highest BCUT2D eigenvalue weighted by atomic mass is 19.1. The van der Waals surface area contributed by atoms with Gasteiger partial charge in [0.25, 0.3) is 0 Å². The molecule has 5 aromatic rings. The van der Waals surface area contributed by atoms with Crippen molar-refractivity contribution in [1.82, 2.24) is 4.98 Å². The smallest absolute Gasteiger partial charge is 0.225 e. The van der Waals surface area contributed by atoms with Gasteiger partial charge in [0.15, 0.2) is 0 Å². The molecule has 0 saturated heterocycles. The van der Waals surface area contributed by atoms with Gasteiger partial charge in [0, 0.05) is 35.1 Å². The van der Waals surface area contributed by atoms with Crippen molar-refractivity contribution in [3.63, 3.8) is 0 Å². The Bertz CT molecular complexity index is 1480. The minimum atomic E-state index is -0.341. The molecule has 2 N–H and O–H groups in total. The molecule has 36 heavy (non-hydrogen) atoms. The molecule has 1 atom stereocenters. The minimum absolute atomic E-state index is 0.151. The van der Waals surface area contributed by atoms with Crippen LogP contribution in [-0.2, 0) is 11.2 Å². The Balaban J connectivity index is 1.50. The second-order valence-corrected chi connectivity index (χ2v) is 8.74. The first-order chi connectivity index (χ1) is 17.6. The number of nitrogens with one attached hydrogen (secondary N) is 2. The Morgan fingerprint density at radius 2 is 1.67 bits per heavy atom.